The number of hydrogen-bond donors (Lipinski definition) is 3. The van der Waals surface area contributed by atoms with E-state index >= 15 is 0 Å². The number of pyridine rings is 1. The van der Waals surface area contributed by atoms with Crippen molar-refractivity contribution in [2.24, 2.45) is 11.7 Å². The summed E-state index contributed by atoms with van der Waals surface area (Å²) >= 11 is 0. The summed E-state index contributed by atoms with van der Waals surface area (Å²) in [6.45, 7) is 6.19. The number of nitrogens with zero attached hydrogens (tertiary/aromatic N) is 5. The van der Waals surface area contributed by atoms with E-state index in [1.807, 2.05) is 49.4 Å². The fourth-order valence-electron chi connectivity index (χ4n) is 4.02. The maximum absolute atomic E-state index is 11.4. The van der Waals surface area contributed by atoms with Gasteiger partial charge in [-0.15, -0.1) is 10.2 Å². The second-order valence-corrected chi connectivity index (χ2v) is 8.88. The van der Waals surface area contributed by atoms with Gasteiger partial charge in [-0.1, -0.05) is 43.7 Å². The lowest BCUT2D eigenvalue weighted by atomic mass is 9.90. The minimum Gasteiger partial charge on any atom is -0.465 e. The van der Waals surface area contributed by atoms with Gasteiger partial charge in [-0.05, 0) is 53.8 Å². The highest BCUT2D eigenvalue weighted by Crippen LogP contribution is 2.36. The predicted molar refractivity (Wildman–Crippen MR) is 131 cm³/mol. The molecule has 0 fully saturated rings. The molecule has 2 amide bonds. The van der Waals surface area contributed by atoms with E-state index in [0.717, 1.165) is 43.6 Å². The molecule has 0 unspecified atom stereocenters. The van der Waals surface area contributed by atoms with E-state index in [0.29, 0.717) is 23.7 Å². The van der Waals surface area contributed by atoms with Gasteiger partial charge in [0.05, 0.1) is 5.52 Å². The SMILES string of the molecule is Cc1ccc(-c2c(CNC(=O)O)c(CC(C)C)nc3ccc(-c4nnn(CC(N)=O)n4)cc23)cc1. The number of nitrogens with one attached hydrogen (secondary N) is 1. The number of carboxylic acid groups (broad SMARTS) is 1. The van der Waals surface area contributed by atoms with Gasteiger partial charge in [0, 0.05) is 28.8 Å². The van der Waals surface area contributed by atoms with Crippen molar-refractivity contribution in [3.63, 3.8) is 0 Å². The van der Waals surface area contributed by atoms with Crippen LogP contribution >= 0.6 is 0 Å². The summed E-state index contributed by atoms with van der Waals surface area (Å²) in [6.07, 6.45) is -0.393. The van der Waals surface area contributed by atoms with Crippen molar-refractivity contribution < 1.29 is 14.7 Å². The maximum Gasteiger partial charge on any atom is 0.404 e. The number of nitrogens with two attached hydrogens (primary N) is 1. The lowest BCUT2D eigenvalue weighted by Crippen LogP contribution is -2.22. The zero-order chi connectivity index (χ0) is 25.1. The first-order chi connectivity index (χ1) is 16.7. The average molecular weight is 474 g/mol. The molecule has 0 radical (unpaired) electrons. The molecule has 4 N–H and O–H groups in total. The summed E-state index contributed by atoms with van der Waals surface area (Å²) in [5, 5.41) is 24.9. The third-order valence-electron chi connectivity index (χ3n) is 5.54. The predicted octanol–water partition coefficient (Wildman–Crippen LogP) is 3.32. The molecule has 0 aliphatic carbocycles. The molecule has 10 heteroatoms. The molecule has 0 bridgehead atoms. The van der Waals surface area contributed by atoms with Crippen LogP contribution in [0.15, 0.2) is 42.5 Å². The van der Waals surface area contributed by atoms with E-state index in [9.17, 15) is 14.7 Å². The Labute approximate surface area is 202 Å². The van der Waals surface area contributed by atoms with Gasteiger partial charge in [0.1, 0.15) is 6.54 Å². The molecule has 0 saturated carbocycles. The quantitative estimate of drug-likeness (QED) is 0.355. The highest BCUT2D eigenvalue weighted by molar-refractivity contribution is 5.98. The lowest BCUT2D eigenvalue weighted by molar-refractivity contribution is -0.118. The number of aromatic nitrogens is 5. The summed E-state index contributed by atoms with van der Waals surface area (Å²) < 4.78 is 0. The molecule has 2 heterocycles. The molecule has 2 aromatic heterocycles. The highest BCUT2D eigenvalue weighted by Gasteiger charge is 2.19. The summed E-state index contributed by atoms with van der Waals surface area (Å²) in [5.74, 6) is 0.115. The third-order valence-corrected chi connectivity index (χ3v) is 5.54. The zero-order valence-corrected chi connectivity index (χ0v) is 19.8. The van der Waals surface area contributed by atoms with Gasteiger partial charge in [0.2, 0.25) is 11.7 Å². The number of carbonyl (C=O) groups excluding carboxylic acids is 1. The molecule has 0 aliphatic heterocycles. The van der Waals surface area contributed by atoms with E-state index in [1.54, 1.807) is 0 Å². The molecule has 180 valence electrons. The van der Waals surface area contributed by atoms with Crippen molar-refractivity contribution in [1.82, 2.24) is 30.5 Å². The molecule has 0 atom stereocenters. The average Bonchev–Trinajstić information content (AvgIpc) is 3.25. The number of hydrogen-bond acceptors (Lipinski definition) is 6. The van der Waals surface area contributed by atoms with Gasteiger partial charge >= 0.3 is 6.09 Å². The zero-order valence-electron chi connectivity index (χ0n) is 19.8. The number of fused-ring (bicyclic) bond motifs is 1. The molecular formula is C25H27N7O3. The fraction of sp³-hybridized carbons (Fsp3) is 0.280. The van der Waals surface area contributed by atoms with Crippen LogP contribution in [0.1, 0.15) is 30.7 Å². The van der Waals surface area contributed by atoms with E-state index in [4.69, 9.17) is 10.7 Å². The minimum absolute atomic E-state index is 0.126. The van der Waals surface area contributed by atoms with Gasteiger partial charge in [0.15, 0.2) is 0 Å². The molecule has 4 aromatic rings. The van der Waals surface area contributed by atoms with Crippen LogP contribution in [0.5, 0.6) is 0 Å². The van der Waals surface area contributed by atoms with Crippen LogP contribution < -0.4 is 11.1 Å². The number of carbonyl (C=O) groups is 2. The van der Waals surface area contributed by atoms with Crippen LogP contribution in [-0.2, 0) is 24.3 Å². The Morgan fingerprint density at radius 1 is 1.11 bits per heavy atom. The van der Waals surface area contributed by atoms with Crippen LogP contribution in [0.4, 0.5) is 4.79 Å². The standard InChI is InChI=1S/C25H27N7O3/c1-14(2)10-21-19(12-27-25(34)35)23(16-6-4-15(3)5-7-16)18-11-17(8-9-20(18)28-21)24-29-31-32(30-24)13-22(26)33/h4-9,11,14,27H,10,12-13H2,1-3H3,(H2,26,33)(H,34,35). The largest absolute Gasteiger partial charge is 0.465 e. The van der Waals surface area contributed by atoms with E-state index < -0.39 is 12.0 Å². The smallest absolute Gasteiger partial charge is 0.404 e. The van der Waals surface area contributed by atoms with Gasteiger partial charge in [-0.25, -0.2) is 4.79 Å². The monoisotopic (exact) mass is 473 g/mol. The van der Waals surface area contributed by atoms with Gasteiger partial charge in [0.25, 0.3) is 0 Å². The van der Waals surface area contributed by atoms with Crippen LogP contribution in [-0.4, -0.2) is 42.3 Å². The van der Waals surface area contributed by atoms with Crippen molar-refractivity contribution in [2.45, 2.75) is 40.3 Å². The maximum atomic E-state index is 11.4. The highest BCUT2D eigenvalue weighted by atomic mass is 16.4. The van der Waals surface area contributed by atoms with Crippen LogP contribution in [0, 0.1) is 12.8 Å². The Morgan fingerprint density at radius 3 is 2.49 bits per heavy atom. The molecule has 10 nitrogen and oxygen atoms in total. The molecule has 0 saturated heterocycles. The number of primary amides is 1. The lowest BCUT2D eigenvalue weighted by Gasteiger charge is -2.19. The van der Waals surface area contributed by atoms with Crippen LogP contribution in [0.2, 0.25) is 0 Å². The van der Waals surface area contributed by atoms with E-state index in [1.165, 1.54) is 0 Å². The van der Waals surface area contributed by atoms with Gasteiger partial charge < -0.3 is 16.2 Å². The van der Waals surface area contributed by atoms with Gasteiger partial charge in [-0.3, -0.25) is 9.78 Å². The topological polar surface area (TPSA) is 149 Å². The molecule has 0 aliphatic rings. The van der Waals surface area contributed by atoms with Crippen molar-refractivity contribution in [1.29, 1.82) is 0 Å². The molecule has 4 rings (SSSR count). The minimum atomic E-state index is -1.10. The second kappa shape index (κ2) is 9.88. The number of rotatable bonds is 8. The van der Waals surface area contributed by atoms with Crippen molar-refractivity contribution in [2.75, 3.05) is 0 Å². The van der Waals surface area contributed by atoms with E-state index in [-0.39, 0.29) is 13.1 Å². The van der Waals surface area contributed by atoms with Gasteiger partial charge in [-0.2, -0.15) is 4.80 Å². The summed E-state index contributed by atoms with van der Waals surface area (Å²) in [5.41, 5.74) is 11.4. The Balaban J connectivity index is 1.96. The number of tetrazole rings is 1. The van der Waals surface area contributed by atoms with Crippen LogP contribution in [0.3, 0.4) is 0 Å². The van der Waals surface area contributed by atoms with Crippen molar-refractivity contribution in [3.8, 4) is 22.5 Å². The first-order valence-corrected chi connectivity index (χ1v) is 11.3. The number of aryl methyl sites for hydroxylation is 1. The number of amides is 2. The normalized spacial score (nSPS) is 11.2. The Morgan fingerprint density at radius 2 is 1.83 bits per heavy atom. The Kier molecular flexibility index (Phi) is 6.72. The van der Waals surface area contributed by atoms with E-state index in [2.05, 4.69) is 34.6 Å². The summed E-state index contributed by atoms with van der Waals surface area (Å²) in [7, 11) is 0. The molecule has 2 aromatic carbocycles. The number of benzene rings is 2. The molecule has 0 spiro atoms. The third kappa shape index (κ3) is 5.43. The first kappa shape index (κ1) is 23.8. The molecular weight excluding hydrogens is 446 g/mol. The Hall–Kier alpha value is -4.34. The van der Waals surface area contributed by atoms with Crippen molar-refractivity contribution in [3.05, 3.63) is 59.3 Å². The van der Waals surface area contributed by atoms with Crippen molar-refractivity contribution >= 4 is 22.9 Å². The molecule has 35 heavy (non-hydrogen) atoms. The summed E-state index contributed by atoms with van der Waals surface area (Å²) in [4.78, 5) is 28.7. The Bertz CT molecular complexity index is 1390. The first-order valence-electron chi connectivity index (χ1n) is 11.3. The summed E-state index contributed by atoms with van der Waals surface area (Å²) in [6, 6.07) is 13.8. The van der Waals surface area contributed by atoms with Crippen LogP contribution in [0.25, 0.3) is 33.4 Å². The fourth-order valence-corrected chi connectivity index (χ4v) is 4.02. The second-order valence-electron chi connectivity index (χ2n) is 8.88.